The molecule has 5 nitrogen and oxygen atoms in total. The molecule has 0 unspecified atom stereocenters. The van der Waals surface area contributed by atoms with Gasteiger partial charge in [0.25, 0.3) is 0 Å². The van der Waals surface area contributed by atoms with Gasteiger partial charge < -0.3 is 5.32 Å². The summed E-state index contributed by atoms with van der Waals surface area (Å²) >= 11 is 3.35. The van der Waals surface area contributed by atoms with Gasteiger partial charge in [0, 0.05) is 4.47 Å². The first kappa shape index (κ1) is 20.5. The summed E-state index contributed by atoms with van der Waals surface area (Å²) in [6, 6.07) is 12.8. The highest BCUT2D eigenvalue weighted by Crippen LogP contribution is 2.27. The molecule has 1 amide bonds. The zero-order valence-corrected chi connectivity index (χ0v) is 17.7. The van der Waals surface area contributed by atoms with Crippen molar-refractivity contribution in [2.45, 2.75) is 26.8 Å². The number of anilines is 1. The lowest BCUT2D eigenvalue weighted by molar-refractivity contribution is -0.120. The van der Waals surface area contributed by atoms with Crippen LogP contribution in [0, 0.1) is 13.8 Å². The molecular weight excluding hydrogens is 416 g/mol. The van der Waals surface area contributed by atoms with Gasteiger partial charge in [0.05, 0.1) is 18.0 Å². The number of benzene rings is 2. The maximum absolute atomic E-state index is 12.5. The highest BCUT2D eigenvalue weighted by molar-refractivity contribution is 9.10. The molecule has 1 atom stereocenters. The zero-order chi connectivity index (χ0) is 19.5. The van der Waals surface area contributed by atoms with Crippen molar-refractivity contribution in [1.82, 2.24) is 5.32 Å². The molecule has 1 N–H and O–H groups in total. The van der Waals surface area contributed by atoms with Gasteiger partial charge in [-0.05, 0) is 60.0 Å². The van der Waals surface area contributed by atoms with Gasteiger partial charge in [-0.25, -0.2) is 8.42 Å². The standard InChI is InChI=1S/C19H23BrN2O3S/c1-13-9-10-14(2)16(11-13)15(3)21-19(23)12-22(26(4,24)25)18-8-6-5-7-17(18)20/h5-11,15H,12H2,1-4H3,(H,21,23)/t15-/m0/s1. The van der Waals surface area contributed by atoms with Crippen LogP contribution in [0.2, 0.25) is 0 Å². The molecule has 0 radical (unpaired) electrons. The van der Waals surface area contributed by atoms with Gasteiger partial charge in [0.2, 0.25) is 15.9 Å². The van der Waals surface area contributed by atoms with Gasteiger partial charge in [0.15, 0.2) is 0 Å². The number of amides is 1. The van der Waals surface area contributed by atoms with E-state index >= 15 is 0 Å². The first-order chi connectivity index (χ1) is 12.1. The SMILES string of the molecule is Cc1ccc(C)c([C@H](C)NC(=O)CN(c2ccccc2Br)S(C)(=O)=O)c1. The average Bonchev–Trinajstić information content (AvgIpc) is 2.54. The normalized spacial score (nSPS) is 12.5. The van der Waals surface area contributed by atoms with Crippen molar-refractivity contribution in [3.8, 4) is 0 Å². The minimum atomic E-state index is -3.61. The Labute approximate surface area is 163 Å². The minimum Gasteiger partial charge on any atom is -0.348 e. The van der Waals surface area contributed by atoms with E-state index in [1.54, 1.807) is 24.3 Å². The molecule has 0 saturated heterocycles. The Bertz CT molecular complexity index is 913. The van der Waals surface area contributed by atoms with Crippen LogP contribution in [0.4, 0.5) is 5.69 Å². The lowest BCUT2D eigenvalue weighted by Gasteiger charge is -2.24. The monoisotopic (exact) mass is 438 g/mol. The maximum Gasteiger partial charge on any atom is 0.241 e. The number of hydrogen-bond acceptors (Lipinski definition) is 3. The first-order valence-corrected chi connectivity index (χ1v) is 10.8. The molecule has 0 spiro atoms. The van der Waals surface area contributed by atoms with Gasteiger partial charge in [-0.1, -0.05) is 35.9 Å². The predicted molar refractivity (Wildman–Crippen MR) is 109 cm³/mol. The molecular formula is C19H23BrN2O3S. The lowest BCUT2D eigenvalue weighted by atomic mass is 10.00. The van der Waals surface area contributed by atoms with E-state index in [9.17, 15) is 13.2 Å². The van der Waals surface area contributed by atoms with E-state index in [4.69, 9.17) is 0 Å². The molecule has 0 heterocycles. The molecule has 2 aromatic rings. The number of carbonyl (C=O) groups is 1. The molecule has 140 valence electrons. The number of carbonyl (C=O) groups excluding carboxylic acids is 1. The largest absolute Gasteiger partial charge is 0.348 e. The summed E-state index contributed by atoms with van der Waals surface area (Å²) in [5.41, 5.74) is 3.64. The number of para-hydroxylation sites is 1. The summed E-state index contributed by atoms with van der Waals surface area (Å²) in [4.78, 5) is 12.5. The molecule has 0 saturated carbocycles. The third-order valence-corrected chi connectivity index (χ3v) is 5.88. The number of nitrogens with zero attached hydrogens (tertiary/aromatic N) is 1. The third-order valence-electron chi connectivity index (χ3n) is 4.09. The molecule has 0 bridgehead atoms. The Hall–Kier alpha value is -1.86. The van der Waals surface area contributed by atoms with Crippen LogP contribution in [0.3, 0.4) is 0 Å². The van der Waals surface area contributed by atoms with Crippen molar-refractivity contribution in [2.75, 3.05) is 17.1 Å². The fourth-order valence-electron chi connectivity index (χ4n) is 2.76. The van der Waals surface area contributed by atoms with Crippen molar-refractivity contribution in [3.05, 3.63) is 63.6 Å². The number of nitrogens with one attached hydrogen (secondary N) is 1. The molecule has 0 aliphatic rings. The van der Waals surface area contributed by atoms with E-state index in [2.05, 4.69) is 21.2 Å². The van der Waals surface area contributed by atoms with E-state index < -0.39 is 10.0 Å². The van der Waals surface area contributed by atoms with E-state index in [1.807, 2.05) is 39.0 Å². The van der Waals surface area contributed by atoms with Crippen LogP contribution in [-0.4, -0.2) is 27.1 Å². The van der Waals surface area contributed by atoms with Crippen molar-refractivity contribution in [2.24, 2.45) is 0 Å². The Morgan fingerprint density at radius 3 is 2.46 bits per heavy atom. The number of halogens is 1. The molecule has 0 aromatic heterocycles. The quantitative estimate of drug-likeness (QED) is 0.747. The van der Waals surface area contributed by atoms with Crippen LogP contribution < -0.4 is 9.62 Å². The van der Waals surface area contributed by atoms with Crippen molar-refractivity contribution in [1.29, 1.82) is 0 Å². The van der Waals surface area contributed by atoms with Gasteiger partial charge in [-0.2, -0.15) is 0 Å². The molecule has 2 rings (SSSR count). The van der Waals surface area contributed by atoms with Gasteiger partial charge >= 0.3 is 0 Å². The maximum atomic E-state index is 12.5. The smallest absolute Gasteiger partial charge is 0.241 e. The molecule has 0 fully saturated rings. The van der Waals surface area contributed by atoms with Crippen LogP contribution in [0.15, 0.2) is 46.9 Å². The predicted octanol–water partition coefficient (Wildman–Crippen LogP) is 3.71. The third kappa shape index (κ3) is 5.08. The van der Waals surface area contributed by atoms with E-state index in [0.717, 1.165) is 27.3 Å². The highest BCUT2D eigenvalue weighted by atomic mass is 79.9. The Balaban J connectivity index is 2.20. The van der Waals surface area contributed by atoms with Crippen molar-refractivity contribution >= 4 is 37.5 Å². The van der Waals surface area contributed by atoms with Crippen molar-refractivity contribution < 1.29 is 13.2 Å². The molecule has 2 aromatic carbocycles. The molecule has 0 aliphatic carbocycles. The average molecular weight is 439 g/mol. The summed E-state index contributed by atoms with van der Waals surface area (Å²) in [6.07, 6.45) is 1.09. The van der Waals surface area contributed by atoms with Crippen LogP contribution >= 0.6 is 15.9 Å². The highest BCUT2D eigenvalue weighted by Gasteiger charge is 2.23. The second kappa shape index (κ2) is 8.22. The van der Waals surface area contributed by atoms with Crippen LogP contribution in [0.1, 0.15) is 29.7 Å². The van der Waals surface area contributed by atoms with Crippen LogP contribution in [0.5, 0.6) is 0 Å². The fraction of sp³-hybridized carbons (Fsp3) is 0.316. The first-order valence-electron chi connectivity index (χ1n) is 8.18. The number of rotatable bonds is 6. The molecule has 26 heavy (non-hydrogen) atoms. The topological polar surface area (TPSA) is 66.5 Å². The summed E-state index contributed by atoms with van der Waals surface area (Å²) in [7, 11) is -3.61. The summed E-state index contributed by atoms with van der Waals surface area (Å²) in [5.74, 6) is -0.361. The van der Waals surface area contributed by atoms with Crippen LogP contribution in [0.25, 0.3) is 0 Å². The van der Waals surface area contributed by atoms with Gasteiger partial charge in [0.1, 0.15) is 6.54 Å². The minimum absolute atomic E-state index is 0.219. The van der Waals surface area contributed by atoms with E-state index in [1.165, 1.54) is 0 Å². The second-order valence-corrected chi connectivity index (χ2v) is 9.13. The number of sulfonamides is 1. The number of hydrogen-bond donors (Lipinski definition) is 1. The fourth-order valence-corrected chi connectivity index (χ4v) is 4.24. The Morgan fingerprint density at radius 2 is 1.85 bits per heavy atom. The van der Waals surface area contributed by atoms with Gasteiger partial charge in [-0.3, -0.25) is 9.10 Å². The Kier molecular flexibility index (Phi) is 6.47. The lowest BCUT2D eigenvalue weighted by Crippen LogP contribution is -2.41. The van der Waals surface area contributed by atoms with Gasteiger partial charge in [-0.15, -0.1) is 0 Å². The number of aryl methyl sites for hydroxylation is 2. The van der Waals surface area contributed by atoms with Crippen molar-refractivity contribution in [3.63, 3.8) is 0 Å². The van der Waals surface area contributed by atoms with Crippen LogP contribution in [-0.2, 0) is 14.8 Å². The molecule has 7 heteroatoms. The van der Waals surface area contributed by atoms with E-state index in [0.29, 0.717) is 10.2 Å². The van der Waals surface area contributed by atoms with E-state index in [-0.39, 0.29) is 18.5 Å². The Morgan fingerprint density at radius 1 is 1.19 bits per heavy atom. The summed E-state index contributed by atoms with van der Waals surface area (Å²) in [5, 5.41) is 2.90. The second-order valence-electron chi connectivity index (χ2n) is 6.37. The summed E-state index contributed by atoms with van der Waals surface area (Å²) in [6.45, 7) is 5.59. The molecule has 0 aliphatic heterocycles. The zero-order valence-electron chi connectivity index (χ0n) is 15.3. The summed E-state index contributed by atoms with van der Waals surface area (Å²) < 4.78 is 26.1.